The molecule has 0 aliphatic rings. The Morgan fingerprint density at radius 1 is 1.39 bits per heavy atom. The molecular formula is C12H14N4OS. The summed E-state index contributed by atoms with van der Waals surface area (Å²) in [4.78, 5) is 16.3. The minimum Gasteiger partial charge on any atom is -0.368 e. The maximum Gasteiger partial charge on any atom is 0.281 e. The molecule has 2 rings (SSSR count). The van der Waals surface area contributed by atoms with Gasteiger partial charge >= 0.3 is 0 Å². The number of carbonyl (C=O) groups is 1. The number of benzene rings is 1. The number of anilines is 1. The molecule has 1 aromatic carbocycles. The van der Waals surface area contributed by atoms with Crippen LogP contribution in [-0.2, 0) is 0 Å². The van der Waals surface area contributed by atoms with Crippen LogP contribution in [0.3, 0.4) is 0 Å². The highest BCUT2D eigenvalue weighted by Crippen LogP contribution is 2.16. The molecular weight excluding hydrogens is 248 g/mol. The van der Waals surface area contributed by atoms with Crippen molar-refractivity contribution in [3.05, 3.63) is 34.9 Å². The summed E-state index contributed by atoms with van der Waals surface area (Å²) in [5.74, 6) is -0.133. The highest BCUT2D eigenvalue weighted by atomic mass is 32.2. The van der Waals surface area contributed by atoms with Crippen molar-refractivity contribution in [2.45, 2.75) is 19.0 Å². The molecule has 0 aliphatic heterocycles. The number of hydrogen-bond donors (Lipinski definition) is 1. The lowest BCUT2D eigenvalue weighted by Crippen LogP contribution is -2.17. The molecule has 2 N–H and O–H groups in total. The van der Waals surface area contributed by atoms with E-state index in [1.54, 1.807) is 0 Å². The third kappa shape index (κ3) is 2.24. The van der Waals surface area contributed by atoms with E-state index in [1.807, 2.05) is 38.3 Å². The van der Waals surface area contributed by atoms with Crippen LogP contribution in [0.5, 0.6) is 0 Å². The van der Waals surface area contributed by atoms with E-state index < -0.39 is 0 Å². The van der Waals surface area contributed by atoms with E-state index >= 15 is 0 Å². The highest BCUT2D eigenvalue weighted by Gasteiger charge is 2.17. The van der Waals surface area contributed by atoms with E-state index in [1.165, 1.54) is 11.8 Å². The fourth-order valence-electron chi connectivity index (χ4n) is 1.62. The van der Waals surface area contributed by atoms with Crippen molar-refractivity contribution in [3.8, 4) is 0 Å². The van der Waals surface area contributed by atoms with E-state index in [0.29, 0.717) is 10.7 Å². The SMILES string of the molecule is CSc1nc(N)n(C(=O)c2cc(C)ccc2C)n1. The molecule has 1 aromatic heterocycles. The predicted octanol–water partition coefficient (Wildman–Crippen LogP) is 1.89. The van der Waals surface area contributed by atoms with E-state index in [2.05, 4.69) is 10.1 Å². The van der Waals surface area contributed by atoms with Crippen molar-refractivity contribution in [3.63, 3.8) is 0 Å². The number of rotatable bonds is 2. The van der Waals surface area contributed by atoms with Crippen LogP contribution in [0.25, 0.3) is 0 Å². The fraction of sp³-hybridized carbons (Fsp3) is 0.250. The molecule has 0 saturated carbocycles. The van der Waals surface area contributed by atoms with Crippen LogP contribution in [0.15, 0.2) is 23.4 Å². The Labute approximate surface area is 109 Å². The van der Waals surface area contributed by atoms with E-state index in [9.17, 15) is 4.79 Å². The second kappa shape index (κ2) is 4.81. The molecule has 6 heteroatoms. The zero-order valence-electron chi connectivity index (χ0n) is 10.5. The van der Waals surface area contributed by atoms with Crippen molar-refractivity contribution in [2.75, 3.05) is 12.0 Å². The summed E-state index contributed by atoms with van der Waals surface area (Å²) in [5.41, 5.74) is 8.21. The van der Waals surface area contributed by atoms with Gasteiger partial charge in [0.25, 0.3) is 5.91 Å². The van der Waals surface area contributed by atoms with Gasteiger partial charge in [-0.2, -0.15) is 9.67 Å². The van der Waals surface area contributed by atoms with Crippen LogP contribution in [0.2, 0.25) is 0 Å². The lowest BCUT2D eigenvalue weighted by Gasteiger charge is -2.06. The maximum absolute atomic E-state index is 12.3. The number of aryl methyl sites for hydroxylation is 2. The van der Waals surface area contributed by atoms with E-state index in [0.717, 1.165) is 15.8 Å². The number of thioether (sulfide) groups is 1. The molecule has 18 heavy (non-hydrogen) atoms. The summed E-state index contributed by atoms with van der Waals surface area (Å²) in [5, 5.41) is 4.56. The Morgan fingerprint density at radius 2 is 2.11 bits per heavy atom. The summed E-state index contributed by atoms with van der Waals surface area (Å²) in [7, 11) is 0. The van der Waals surface area contributed by atoms with Gasteiger partial charge in [0, 0.05) is 5.56 Å². The standard InChI is InChI=1S/C12H14N4OS/c1-7-4-5-8(2)9(6-7)10(17)16-11(13)14-12(15-16)18-3/h4-6H,1-3H3,(H2,13,14,15). The highest BCUT2D eigenvalue weighted by molar-refractivity contribution is 7.98. The lowest BCUT2D eigenvalue weighted by atomic mass is 10.1. The first-order valence-corrected chi connectivity index (χ1v) is 6.64. The van der Waals surface area contributed by atoms with Gasteiger partial charge in [0.1, 0.15) is 0 Å². The molecule has 0 unspecified atom stereocenters. The van der Waals surface area contributed by atoms with Crippen LogP contribution in [0.4, 0.5) is 5.95 Å². The molecule has 1 heterocycles. The minimum absolute atomic E-state index is 0.116. The van der Waals surface area contributed by atoms with Gasteiger partial charge in [-0.05, 0) is 31.7 Å². The molecule has 94 valence electrons. The Hall–Kier alpha value is -1.82. The molecule has 0 atom stereocenters. The van der Waals surface area contributed by atoms with Gasteiger partial charge in [0.05, 0.1) is 0 Å². The molecule has 5 nitrogen and oxygen atoms in total. The van der Waals surface area contributed by atoms with Gasteiger partial charge in [-0.1, -0.05) is 29.5 Å². The maximum atomic E-state index is 12.3. The van der Waals surface area contributed by atoms with Crippen LogP contribution < -0.4 is 5.73 Å². The number of carbonyl (C=O) groups excluding carboxylic acids is 1. The molecule has 0 radical (unpaired) electrons. The molecule has 0 saturated heterocycles. The summed E-state index contributed by atoms with van der Waals surface area (Å²) < 4.78 is 1.15. The van der Waals surface area contributed by atoms with Crippen molar-refractivity contribution >= 4 is 23.6 Å². The van der Waals surface area contributed by atoms with E-state index in [-0.39, 0.29) is 11.9 Å². The Kier molecular flexibility index (Phi) is 3.38. The average molecular weight is 262 g/mol. The summed E-state index contributed by atoms with van der Waals surface area (Å²) in [6, 6.07) is 5.70. The monoisotopic (exact) mass is 262 g/mol. The predicted molar refractivity (Wildman–Crippen MR) is 71.9 cm³/mol. The largest absolute Gasteiger partial charge is 0.368 e. The smallest absolute Gasteiger partial charge is 0.281 e. The zero-order valence-corrected chi connectivity index (χ0v) is 11.3. The number of nitrogens with zero attached hydrogens (tertiary/aromatic N) is 3. The Morgan fingerprint density at radius 3 is 2.72 bits per heavy atom. The van der Waals surface area contributed by atoms with Gasteiger partial charge in [-0.3, -0.25) is 4.79 Å². The molecule has 2 aromatic rings. The van der Waals surface area contributed by atoms with Crippen LogP contribution in [0.1, 0.15) is 21.5 Å². The molecule has 0 fully saturated rings. The van der Waals surface area contributed by atoms with E-state index in [4.69, 9.17) is 5.73 Å². The molecule has 0 spiro atoms. The van der Waals surface area contributed by atoms with Crippen LogP contribution in [0, 0.1) is 13.8 Å². The normalized spacial score (nSPS) is 10.6. The van der Waals surface area contributed by atoms with Crippen molar-refractivity contribution in [1.29, 1.82) is 0 Å². The van der Waals surface area contributed by atoms with Crippen LogP contribution >= 0.6 is 11.8 Å². The zero-order chi connectivity index (χ0) is 13.3. The van der Waals surface area contributed by atoms with Gasteiger partial charge in [0.2, 0.25) is 11.1 Å². The number of nitrogen functional groups attached to an aromatic ring is 1. The first-order chi connectivity index (χ1) is 8.52. The lowest BCUT2D eigenvalue weighted by molar-refractivity contribution is 0.0946. The first-order valence-electron chi connectivity index (χ1n) is 5.41. The third-order valence-electron chi connectivity index (χ3n) is 2.61. The van der Waals surface area contributed by atoms with Gasteiger partial charge in [0.15, 0.2) is 0 Å². The second-order valence-corrected chi connectivity index (χ2v) is 4.77. The summed E-state index contributed by atoms with van der Waals surface area (Å²) in [6.07, 6.45) is 1.83. The third-order valence-corrected chi connectivity index (χ3v) is 3.15. The summed E-state index contributed by atoms with van der Waals surface area (Å²) >= 11 is 1.35. The average Bonchev–Trinajstić information content (AvgIpc) is 2.73. The Bertz CT molecular complexity index is 606. The molecule has 0 amide bonds. The topological polar surface area (TPSA) is 73.8 Å². The van der Waals surface area contributed by atoms with Crippen molar-refractivity contribution < 1.29 is 4.79 Å². The number of nitrogens with two attached hydrogens (primary N) is 1. The molecule has 0 aliphatic carbocycles. The second-order valence-electron chi connectivity index (χ2n) is 3.99. The number of hydrogen-bond acceptors (Lipinski definition) is 5. The number of aromatic nitrogens is 3. The van der Waals surface area contributed by atoms with Gasteiger partial charge < -0.3 is 5.73 Å². The first kappa shape index (κ1) is 12.6. The quantitative estimate of drug-likeness (QED) is 0.837. The molecule has 0 bridgehead atoms. The van der Waals surface area contributed by atoms with Gasteiger partial charge in [-0.15, -0.1) is 5.10 Å². The minimum atomic E-state index is -0.249. The van der Waals surface area contributed by atoms with Crippen molar-refractivity contribution in [1.82, 2.24) is 14.8 Å². The summed E-state index contributed by atoms with van der Waals surface area (Å²) in [6.45, 7) is 3.82. The van der Waals surface area contributed by atoms with Crippen molar-refractivity contribution in [2.24, 2.45) is 0 Å². The van der Waals surface area contributed by atoms with Crippen LogP contribution in [-0.4, -0.2) is 26.9 Å². The fourth-order valence-corrected chi connectivity index (χ4v) is 1.97. The van der Waals surface area contributed by atoms with Gasteiger partial charge in [-0.25, -0.2) is 0 Å². The Balaban J connectivity index is 2.47.